The Morgan fingerprint density at radius 3 is 1.94 bits per heavy atom. The van der Waals surface area contributed by atoms with Gasteiger partial charge in [-0.25, -0.2) is 0 Å². The van der Waals surface area contributed by atoms with Crippen molar-refractivity contribution >= 4 is 17.5 Å². The summed E-state index contributed by atoms with van der Waals surface area (Å²) < 4.78 is 0. The maximum atomic E-state index is 9.00. The molecule has 5 nitrogen and oxygen atoms in total. The summed E-state index contributed by atoms with van der Waals surface area (Å²) in [5, 5.41) is 14.6. The van der Waals surface area contributed by atoms with Crippen LogP contribution in [-0.2, 0) is 4.79 Å². The number of hydrogen-bond donors (Lipinski definition) is 3. The highest BCUT2D eigenvalue weighted by Crippen LogP contribution is 2.11. The zero-order chi connectivity index (χ0) is 12.7. The van der Waals surface area contributed by atoms with E-state index in [9.17, 15) is 0 Å². The smallest absolute Gasteiger partial charge is 0.300 e. The molecule has 0 heterocycles. The molecule has 4 N–H and O–H groups in total. The zero-order valence-electron chi connectivity index (χ0n) is 9.69. The number of carboxylic acid groups (broad SMARTS) is 1. The van der Waals surface area contributed by atoms with E-state index in [4.69, 9.17) is 21.0 Å². The Bertz CT molecular complexity index is 354. The lowest BCUT2D eigenvalue weighted by Gasteiger charge is -2.12. The van der Waals surface area contributed by atoms with Crippen molar-refractivity contribution < 1.29 is 9.90 Å². The summed E-state index contributed by atoms with van der Waals surface area (Å²) in [6.07, 6.45) is 0. The van der Waals surface area contributed by atoms with Gasteiger partial charge in [-0.15, -0.1) is 0 Å². The minimum atomic E-state index is -0.833. The Morgan fingerprint density at radius 1 is 1.31 bits per heavy atom. The summed E-state index contributed by atoms with van der Waals surface area (Å²) in [4.78, 5) is 11.0. The highest BCUT2D eigenvalue weighted by molar-refractivity contribution is 5.95. The van der Waals surface area contributed by atoms with E-state index in [0.717, 1.165) is 18.2 Å². The van der Waals surface area contributed by atoms with Crippen molar-refractivity contribution in [2.75, 3.05) is 19.0 Å². The summed E-state index contributed by atoms with van der Waals surface area (Å²) in [6.45, 7) is 1.08. The molecular weight excluding hydrogens is 206 g/mol. The molecule has 0 amide bonds. The lowest BCUT2D eigenvalue weighted by atomic mass is 10.2. The first kappa shape index (κ1) is 14.0. The molecule has 0 radical (unpaired) electrons. The van der Waals surface area contributed by atoms with Gasteiger partial charge in [0.25, 0.3) is 5.97 Å². The fraction of sp³-hybridized carbons (Fsp3) is 0.273. The molecule has 0 aliphatic heterocycles. The second-order valence-electron chi connectivity index (χ2n) is 3.37. The molecule has 1 aromatic rings. The van der Waals surface area contributed by atoms with E-state index in [2.05, 4.69) is 0 Å². The van der Waals surface area contributed by atoms with Crippen molar-refractivity contribution in [3.05, 3.63) is 29.8 Å². The number of nitrogens with zero attached hydrogens (tertiary/aromatic N) is 1. The summed E-state index contributed by atoms with van der Waals surface area (Å²) in [6, 6.07) is 7.57. The minimum Gasteiger partial charge on any atom is -0.481 e. The molecule has 0 unspecified atom stereocenters. The van der Waals surface area contributed by atoms with Crippen LogP contribution in [0.15, 0.2) is 24.3 Å². The van der Waals surface area contributed by atoms with Crippen LogP contribution in [0.2, 0.25) is 0 Å². The predicted octanol–water partition coefficient (Wildman–Crippen LogP) is 1.13. The van der Waals surface area contributed by atoms with Crippen LogP contribution in [0.4, 0.5) is 5.69 Å². The van der Waals surface area contributed by atoms with E-state index in [-0.39, 0.29) is 5.84 Å². The van der Waals surface area contributed by atoms with Gasteiger partial charge in [0.2, 0.25) is 0 Å². The van der Waals surface area contributed by atoms with Crippen LogP contribution >= 0.6 is 0 Å². The fourth-order valence-electron chi connectivity index (χ4n) is 0.939. The maximum Gasteiger partial charge on any atom is 0.300 e. The Hall–Kier alpha value is -2.04. The van der Waals surface area contributed by atoms with E-state index >= 15 is 0 Å². The molecule has 0 aromatic heterocycles. The van der Waals surface area contributed by atoms with Gasteiger partial charge in [-0.05, 0) is 24.3 Å². The van der Waals surface area contributed by atoms with Crippen molar-refractivity contribution in [1.29, 1.82) is 5.41 Å². The topological polar surface area (TPSA) is 90.4 Å². The second kappa shape index (κ2) is 6.44. The number of nitrogens with two attached hydrogens (primary N) is 1. The average molecular weight is 223 g/mol. The zero-order valence-corrected chi connectivity index (χ0v) is 9.69. The lowest BCUT2D eigenvalue weighted by molar-refractivity contribution is -0.134. The van der Waals surface area contributed by atoms with Crippen LogP contribution in [-0.4, -0.2) is 31.0 Å². The molecule has 88 valence electrons. The second-order valence-corrected chi connectivity index (χ2v) is 3.37. The number of amidine groups is 1. The number of anilines is 1. The molecule has 1 rings (SSSR count). The highest BCUT2D eigenvalue weighted by Gasteiger charge is 1.96. The van der Waals surface area contributed by atoms with Gasteiger partial charge in [0.15, 0.2) is 0 Å². The highest BCUT2D eigenvalue weighted by atomic mass is 16.4. The summed E-state index contributed by atoms with van der Waals surface area (Å²) in [5.74, 6) is -0.722. The molecule has 0 atom stereocenters. The monoisotopic (exact) mass is 223 g/mol. The van der Waals surface area contributed by atoms with E-state index < -0.39 is 5.97 Å². The van der Waals surface area contributed by atoms with Gasteiger partial charge >= 0.3 is 0 Å². The van der Waals surface area contributed by atoms with Gasteiger partial charge in [-0.1, -0.05) is 0 Å². The molecule has 0 aliphatic rings. The van der Waals surface area contributed by atoms with Crippen molar-refractivity contribution in [2.45, 2.75) is 6.92 Å². The van der Waals surface area contributed by atoms with Gasteiger partial charge in [0.05, 0.1) is 0 Å². The number of carboxylic acids is 1. The largest absolute Gasteiger partial charge is 0.481 e. The molecule has 5 heteroatoms. The van der Waals surface area contributed by atoms with Crippen molar-refractivity contribution in [3.8, 4) is 0 Å². The number of benzene rings is 1. The quantitative estimate of drug-likeness (QED) is 0.517. The molecule has 1 aromatic carbocycles. The SMILES string of the molecule is CC(=O)O.CN(C)c1ccc(C(=N)N)cc1. The van der Waals surface area contributed by atoms with Crippen LogP contribution < -0.4 is 10.6 Å². The first-order valence-corrected chi connectivity index (χ1v) is 4.66. The van der Waals surface area contributed by atoms with Crippen LogP contribution in [0.25, 0.3) is 0 Å². The summed E-state index contributed by atoms with van der Waals surface area (Å²) >= 11 is 0. The predicted molar refractivity (Wildman–Crippen MR) is 65.1 cm³/mol. The molecule has 0 spiro atoms. The van der Waals surface area contributed by atoms with Crippen LogP contribution in [0, 0.1) is 5.41 Å². The fourth-order valence-corrected chi connectivity index (χ4v) is 0.939. The molecule has 0 bridgehead atoms. The standard InChI is InChI=1S/C9H13N3.C2H4O2/c1-12(2)8-5-3-7(4-6-8)9(10)11;1-2(3)4/h3-6H,1-2H3,(H3,10,11);1H3,(H,3,4). The molecule has 0 fully saturated rings. The molecule has 16 heavy (non-hydrogen) atoms. The van der Waals surface area contributed by atoms with Gasteiger partial charge in [-0.2, -0.15) is 0 Å². The van der Waals surface area contributed by atoms with Crippen molar-refractivity contribution in [1.82, 2.24) is 0 Å². The van der Waals surface area contributed by atoms with Crippen molar-refractivity contribution in [3.63, 3.8) is 0 Å². The molecular formula is C11H17N3O2. The summed E-state index contributed by atoms with van der Waals surface area (Å²) in [5.41, 5.74) is 7.19. The number of aliphatic carboxylic acids is 1. The first-order valence-electron chi connectivity index (χ1n) is 4.66. The average Bonchev–Trinajstić information content (AvgIpc) is 2.17. The van der Waals surface area contributed by atoms with Gasteiger partial charge in [0.1, 0.15) is 5.84 Å². The van der Waals surface area contributed by atoms with E-state index in [0.29, 0.717) is 0 Å². The maximum absolute atomic E-state index is 9.00. The normalized spacial score (nSPS) is 8.69. The first-order chi connectivity index (χ1) is 7.34. The third-order valence-corrected chi connectivity index (χ3v) is 1.69. The third-order valence-electron chi connectivity index (χ3n) is 1.69. The van der Waals surface area contributed by atoms with E-state index in [1.807, 2.05) is 43.3 Å². The Morgan fingerprint density at radius 2 is 1.69 bits per heavy atom. The summed E-state index contributed by atoms with van der Waals surface area (Å²) in [7, 11) is 3.95. The van der Waals surface area contributed by atoms with Crippen LogP contribution in [0.1, 0.15) is 12.5 Å². The molecule has 0 saturated heterocycles. The van der Waals surface area contributed by atoms with Gasteiger partial charge in [0, 0.05) is 32.3 Å². The van der Waals surface area contributed by atoms with Crippen LogP contribution in [0.5, 0.6) is 0 Å². The van der Waals surface area contributed by atoms with Crippen LogP contribution in [0.3, 0.4) is 0 Å². The van der Waals surface area contributed by atoms with Crippen molar-refractivity contribution in [2.24, 2.45) is 5.73 Å². The Kier molecular flexibility index (Phi) is 5.62. The number of hydrogen-bond acceptors (Lipinski definition) is 3. The van der Waals surface area contributed by atoms with E-state index in [1.54, 1.807) is 0 Å². The van der Waals surface area contributed by atoms with E-state index in [1.165, 1.54) is 0 Å². The lowest BCUT2D eigenvalue weighted by Crippen LogP contribution is -2.12. The number of nitrogens with one attached hydrogen (secondary N) is 1. The number of carbonyl (C=O) groups is 1. The molecule has 0 saturated carbocycles. The number of rotatable bonds is 2. The number of nitrogen functional groups attached to an aromatic ring is 1. The third kappa shape index (κ3) is 5.64. The minimum absolute atomic E-state index is 0.111. The molecule has 0 aliphatic carbocycles. The Labute approximate surface area is 95.0 Å². The van der Waals surface area contributed by atoms with Gasteiger partial charge < -0.3 is 15.7 Å². The van der Waals surface area contributed by atoms with Gasteiger partial charge in [-0.3, -0.25) is 10.2 Å². The Balaban J connectivity index is 0.000000487.